The van der Waals surface area contributed by atoms with Crippen molar-refractivity contribution in [1.82, 2.24) is 25.3 Å². The average molecular weight is 1040 g/mol. The van der Waals surface area contributed by atoms with Gasteiger partial charge in [0.05, 0.1) is 24.6 Å². The van der Waals surface area contributed by atoms with Gasteiger partial charge in [-0.3, -0.25) is 19.6 Å². The summed E-state index contributed by atoms with van der Waals surface area (Å²) in [6.07, 6.45) is 5.01. The Bertz CT molecular complexity index is 2830. The number of pyridine rings is 1. The fourth-order valence-corrected chi connectivity index (χ4v) is 16.2. The van der Waals surface area contributed by atoms with Gasteiger partial charge in [-0.05, 0) is 121 Å². The average Bonchev–Trinajstić information content (AvgIpc) is 3.73. The van der Waals surface area contributed by atoms with E-state index in [1.54, 1.807) is 7.11 Å². The molecule has 2 fully saturated rings. The standard InChI is InChI=1S/C61H78N6O7Si/c1-10-66-54-33-32-46(65-35-21-25-45(40-65)37-53(63-59(70)73-41-44-23-14-11-15-24-44)57(68)67-36-22-31-52(64-67)58(69)72-9)38-50(54)51(56(66)49-30-20-34-62-55(49)43(2)71-8)39-61(6,7)42-74-75(60(3,4)5,47-26-16-12-17-27-47)48-28-18-13-19-29-48/h11-20,23-24,26-30,32-34,38,43,45,52-53,64H,10,21-22,25,31,35-37,39-42H2,1-9H3,(H,63,70)/t43-,45-,52-,53-/m0/s1. The van der Waals surface area contributed by atoms with Crippen LogP contribution in [0.4, 0.5) is 10.5 Å². The zero-order valence-corrected chi connectivity index (χ0v) is 46.6. The minimum absolute atomic E-state index is 0.0559. The molecule has 4 heterocycles. The Morgan fingerprint density at radius 3 is 2.15 bits per heavy atom. The van der Waals surface area contributed by atoms with E-state index in [-0.39, 0.29) is 35.0 Å². The van der Waals surface area contributed by atoms with Crippen LogP contribution in [0.2, 0.25) is 5.04 Å². The van der Waals surface area contributed by atoms with Crippen LogP contribution in [0, 0.1) is 11.3 Å². The summed E-state index contributed by atoms with van der Waals surface area (Å²) in [5.74, 6) is -0.683. The van der Waals surface area contributed by atoms with E-state index in [4.69, 9.17) is 23.6 Å². The largest absolute Gasteiger partial charge is 0.468 e. The Morgan fingerprint density at radius 2 is 1.51 bits per heavy atom. The number of alkyl carbamates (subject to hydrolysis) is 1. The molecular weight excluding hydrogens is 957 g/mol. The fraction of sp³-hybridized carbons (Fsp3) is 0.443. The summed E-state index contributed by atoms with van der Waals surface area (Å²) in [7, 11) is 0.224. The van der Waals surface area contributed by atoms with Gasteiger partial charge in [-0.15, -0.1) is 0 Å². The van der Waals surface area contributed by atoms with Gasteiger partial charge in [-0.2, -0.15) is 0 Å². The topological polar surface area (TPSA) is 136 Å². The quantitative estimate of drug-likeness (QED) is 0.0596. The summed E-state index contributed by atoms with van der Waals surface area (Å²) in [5, 5.41) is 7.93. The summed E-state index contributed by atoms with van der Waals surface area (Å²) >= 11 is 0. The lowest BCUT2D eigenvalue weighted by atomic mass is 9.84. The number of methoxy groups -OCH3 is 2. The number of piperidine rings is 1. The molecule has 2 aliphatic rings. The molecule has 0 aliphatic carbocycles. The van der Waals surface area contributed by atoms with Crippen LogP contribution in [0.25, 0.3) is 22.2 Å². The van der Waals surface area contributed by atoms with Crippen LogP contribution in [0.5, 0.6) is 0 Å². The predicted molar refractivity (Wildman–Crippen MR) is 300 cm³/mol. The number of carbonyl (C=O) groups excluding carboxylic acids is 3. The molecule has 14 heteroatoms. The SMILES string of the molecule is CCn1c(-c2cccnc2[C@H](C)OC)c(CC(C)(C)CO[Si](c2ccccc2)(c2ccccc2)C(C)(C)C)c2cc(N3CCC[C@@H](C[C@H](NC(=O)OCc4ccccc4)C(=O)N4CCC[C@@H](C(=O)OC)N4)C3)ccc21. The summed E-state index contributed by atoms with van der Waals surface area (Å²) in [5.41, 5.74) is 10.2. The zero-order chi connectivity index (χ0) is 53.3. The maximum Gasteiger partial charge on any atom is 0.408 e. The van der Waals surface area contributed by atoms with Crippen LogP contribution < -0.4 is 26.0 Å². The third kappa shape index (κ3) is 12.4. The van der Waals surface area contributed by atoms with Crippen LogP contribution in [-0.4, -0.2) is 93.4 Å². The molecule has 6 aromatic rings. The van der Waals surface area contributed by atoms with E-state index in [9.17, 15) is 14.4 Å². The van der Waals surface area contributed by atoms with Crippen molar-refractivity contribution in [2.24, 2.45) is 11.3 Å². The highest BCUT2D eigenvalue weighted by Gasteiger charge is 2.51. The fourth-order valence-electron chi connectivity index (χ4n) is 11.5. The number of esters is 1. The van der Waals surface area contributed by atoms with E-state index in [1.165, 1.54) is 33.4 Å². The lowest BCUT2D eigenvalue weighted by molar-refractivity contribution is -0.150. The van der Waals surface area contributed by atoms with E-state index in [0.29, 0.717) is 39.0 Å². The molecule has 4 aromatic carbocycles. The molecule has 0 unspecified atom stereocenters. The van der Waals surface area contributed by atoms with E-state index < -0.39 is 32.5 Å². The van der Waals surface area contributed by atoms with Crippen molar-refractivity contribution < 1.29 is 33.0 Å². The molecule has 2 aliphatic heterocycles. The van der Waals surface area contributed by atoms with Crippen molar-refractivity contribution in [1.29, 1.82) is 0 Å². The number of aryl methyl sites for hydroxylation is 1. The third-order valence-corrected chi connectivity index (χ3v) is 20.2. The minimum atomic E-state index is -2.86. The number of hydrazine groups is 1. The number of benzene rings is 4. The number of aromatic nitrogens is 2. The number of anilines is 1. The molecule has 398 valence electrons. The zero-order valence-electron chi connectivity index (χ0n) is 45.6. The van der Waals surface area contributed by atoms with Crippen LogP contribution >= 0.6 is 0 Å². The van der Waals surface area contributed by atoms with E-state index in [2.05, 4.69) is 154 Å². The predicted octanol–water partition coefficient (Wildman–Crippen LogP) is 10.1. The van der Waals surface area contributed by atoms with Crippen LogP contribution in [0.1, 0.15) is 103 Å². The van der Waals surface area contributed by atoms with E-state index >= 15 is 0 Å². The van der Waals surface area contributed by atoms with Crippen molar-refractivity contribution in [3.8, 4) is 11.3 Å². The molecule has 2 aromatic heterocycles. The number of hydrogen-bond acceptors (Lipinski definition) is 10. The molecule has 2 N–H and O–H groups in total. The lowest BCUT2D eigenvalue weighted by Gasteiger charge is -2.44. The highest BCUT2D eigenvalue weighted by atomic mass is 28.4. The first-order valence-corrected chi connectivity index (χ1v) is 28.7. The molecule has 75 heavy (non-hydrogen) atoms. The van der Waals surface area contributed by atoms with Gasteiger partial charge in [0.15, 0.2) is 0 Å². The molecule has 0 spiro atoms. The normalized spacial score (nSPS) is 17.3. The van der Waals surface area contributed by atoms with Crippen LogP contribution in [0.15, 0.2) is 128 Å². The van der Waals surface area contributed by atoms with E-state index in [0.717, 1.165) is 66.1 Å². The van der Waals surface area contributed by atoms with Crippen molar-refractivity contribution in [3.63, 3.8) is 0 Å². The Morgan fingerprint density at radius 1 is 0.840 bits per heavy atom. The van der Waals surface area contributed by atoms with Gasteiger partial charge in [-0.25, -0.2) is 10.2 Å². The van der Waals surface area contributed by atoms with Crippen molar-refractivity contribution >= 4 is 53.3 Å². The Hall–Kier alpha value is -6.32. The smallest absolute Gasteiger partial charge is 0.408 e. The molecular formula is C61H78N6O7Si. The van der Waals surface area contributed by atoms with Crippen molar-refractivity contribution in [2.45, 2.75) is 123 Å². The number of ether oxygens (including phenoxy) is 3. The number of hydrogen-bond donors (Lipinski definition) is 2. The number of rotatable bonds is 19. The summed E-state index contributed by atoms with van der Waals surface area (Å²) < 4.78 is 26.8. The Balaban J connectivity index is 1.13. The van der Waals surface area contributed by atoms with Gasteiger partial charge in [0.1, 0.15) is 18.7 Å². The molecule has 0 bridgehead atoms. The molecule has 0 saturated carbocycles. The maximum atomic E-state index is 14.5. The van der Waals surface area contributed by atoms with Gasteiger partial charge >= 0.3 is 12.1 Å². The Kier molecular flexibility index (Phi) is 17.7. The minimum Gasteiger partial charge on any atom is -0.468 e. The first-order valence-electron chi connectivity index (χ1n) is 26.8. The number of carbonyl (C=O) groups is 3. The van der Waals surface area contributed by atoms with E-state index in [1.807, 2.05) is 42.6 Å². The second-order valence-corrected chi connectivity index (χ2v) is 26.5. The molecule has 13 nitrogen and oxygen atoms in total. The number of fused-ring (bicyclic) bond motifs is 1. The summed E-state index contributed by atoms with van der Waals surface area (Å²) in [4.78, 5) is 47.9. The number of nitrogens with zero attached hydrogens (tertiary/aromatic N) is 4. The van der Waals surface area contributed by atoms with Crippen molar-refractivity contribution in [3.05, 3.63) is 144 Å². The summed E-state index contributed by atoms with van der Waals surface area (Å²) in [6, 6.07) is 40.7. The highest BCUT2D eigenvalue weighted by molar-refractivity contribution is 6.99. The van der Waals surface area contributed by atoms with Gasteiger partial charge < -0.3 is 33.4 Å². The molecule has 8 rings (SSSR count). The second kappa shape index (κ2) is 24.1. The first-order chi connectivity index (χ1) is 36.1. The van der Waals surface area contributed by atoms with Gasteiger partial charge in [0.2, 0.25) is 0 Å². The van der Waals surface area contributed by atoms with Gasteiger partial charge in [0.25, 0.3) is 14.2 Å². The van der Waals surface area contributed by atoms with Crippen molar-refractivity contribution in [2.75, 3.05) is 45.4 Å². The van der Waals surface area contributed by atoms with Gasteiger partial charge in [0, 0.05) is 68.2 Å². The Labute approximate surface area is 445 Å². The summed E-state index contributed by atoms with van der Waals surface area (Å²) in [6.45, 7) is 19.2. The lowest BCUT2D eigenvalue weighted by Crippen LogP contribution is -2.67. The molecule has 2 amide bonds. The molecule has 2 saturated heterocycles. The number of nitrogens with one attached hydrogen (secondary N) is 2. The molecule has 4 atom stereocenters. The molecule has 0 radical (unpaired) electrons. The van der Waals surface area contributed by atoms with Crippen LogP contribution in [0.3, 0.4) is 0 Å². The van der Waals surface area contributed by atoms with Crippen LogP contribution in [-0.2, 0) is 47.8 Å². The maximum absolute atomic E-state index is 14.5. The first kappa shape index (κ1) is 54.9. The second-order valence-electron chi connectivity index (χ2n) is 22.2. The number of amides is 2. The third-order valence-electron chi connectivity index (χ3n) is 15.2. The monoisotopic (exact) mass is 1030 g/mol. The van der Waals surface area contributed by atoms with Gasteiger partial charge in [-0.1, -0.05) is 126 Å². The highest BCUT2D eigenvalue weighted by Crippen LogP contribution is 2.44.